The predicted octanol–water partition coefficient (Wildman–Crippen LogP) is 2.89. The van der Waals surface area contributed by atoms with Crippen LogP contribution in [0.2, 0.25) is 0 Å². The van der Waals surface area contributed by atoms with Crippen LogP contribution in [0.25, 0.3) is 21.5 Å². The van der Waals surface area contributed by atoms with Gasteiger partial charge in [-0.1, -0.05) is 48.5 Å². The van der Waals surface area contributed by atoms with E-state index in [0.717, 1.165) is 52.1 Å². The summed E-state index contributed by atoms with van der Waals surface area (Å²) in [5, 5.41) is 12.8. The first-order chi connectivity index (χ1) is 14.9. The molecule has 4 heteroatoms. The lowest BCUT2D eigenvalue weighted by Gasteiger charge is -2.28. The van der Waals surface area contributed by atoms with Crippen molar-refractivity contribution < 1.29 is 0 Å². The van der Waals surface area contributed by atoms with Crippen LogP contribution in [0.5, 0.6) is 0 Å². The Labute approximate surface area is 180 Å². The van der Waals surface area contributed by atoms with E-state index in [0.29, 0.717) is 0 Å². The highest BCUT2D eigenvalue weighted by atomic mass is 15.2. The van der Waals surface area contributed by atoms with Crippen LogP contribution in [0.15, 0.2) is 48.5 Å². The summed E-state index contributed by atoms with van der Waals surface area (Å²) in [7, 11) is 0. The maximum Gasteiger partial charge on any atom is 0.0108 e. The summed E-state index contributed by atoms with van der Waals surface area (Å²) in [5.74, 6) is 0. The van der Waals surface area contributed by atoms with E-state index < -0.39 is 0 Å². The maximum atomic E-state index is 3.47. The number of hydrogen-bond acceptors (Lipinski definition) is 4. The molecule has 2 fully saturated rings. The first-order valence-electron chi connectivity index (χ1n) is 11.7. The van der Waals surface area contributed by atoms with Crippen molar-refractivity contribution in [3.05, 3.63) is 59.7 Å². The van der Waals surface area contributed by atoms with Crippen LogP contribution in [0.1, 0.15) is 11.1 Å². The van der Waals surface area contributed by atoms with Crippen molar-refractivity contribution in [1.29, 1.82) is 0 Å². The molecule has 2 aliphatic heterocycles. The Balaban J connectivity index is 1.50. The molecule has 2 aliphatic rings. The standard InChI is InChI=1S/C26H34N4/c1-2-6-22-21(5-1)25(9-15-29-17-11-27-12-18-29)23-7-3-4-8-24(23)26(22)10-16-30-19-13-28-14-20-30/h1-8,27-28H,9-20H2. The molecule has 0 bridgehead atoms. The molecule has 0 unspecified atom stereocenters. The van der Waals surface area contributed by atoms with Crippen LogP contribution >= 0.6 is 0 Å². The van der Waals surface area contributed by atoms with E-state index >= 15 is 0 Å². The highest BCUT2D eigenvalue weighted by Gasteiger charge is 2.17. The van der Waals surface area contributed by atoms with Crippen LogP contribution in [-0.2, 0) is 12.8 Å². The highest BCUT2D eigenvalue weighted by Crippen LogP contribution is 2.34. The summed E-state index contributed by atoms with van der Waals surface area (Å²) in [6.07, 6.45) is 2.25. The van der Waals surface area contributed by atoms with Crippen molar-refractivity contribution in [2.75, 3.05) is 65.4 Å². The number of fused-ring (bicyclic) bond motifs is 2. The lowest BCUT2D eigenvalue weighted by Crippen LogP contribution is -2.44. The zero-order valence-electron chi connectivity index (χ0n) is 18.0. The second-order valence-corrected chi connectivity index (χ2v) is 8.73. The summed E-state index contributed by atoms with van der Waals surface area (Å²) >= 11 is 0. The number of rotatable bonds is 6. The van der Waals surface area contributed by atoms with E-state index in [1.165, 1.54) is 58.9 Å². The summed E-state index contributed by atoms with van der Waals surface area (Å²) in [6, 6.07) is 18.3. The predicted molar refractivity (Wildman–Crippen MR) is 127 cm³/mol. The Bertz CT molecular complexity index is 850. The van der Waals surface area contributed by atoms with E-state index in [9.17, 15) is 0 Å². The van der Waals surface area contributed by atoms with Gasteiger partial charge in [0.05, 0.1) is 0 Å². The lowest BCUT2D eigenvalue weighted by atomic mass is 9.89. The van der Waals surface area contributed by atoms with Gasteiger partial charge in [0.1, 0.15) is 0 Å². The average Bonchev–Trinajstić information content (AvgIpc) is 2.82. The quantitative estimate of drug-likeness (QED) is 0.621. The minimum atomic E-state index is 1.12. The van der Waals surface area contributed by atoms with Crippen LogP contribution < -0.4 is 10.6 Å². The monoisotopic (exact) mass is 402 g/mol. The molecule has 2 heterocycles. The van der Waals surface area contributed by atoms with Gasteiger partial charge in [-0.15, -0.1) is 0 Å². The smallest absolute Gasteiger partial charge is 0.0108 e. The number of hydrogen-bond donors (Lipinski definition) is 2. The fraction of sp³-hybridized carbons (Fsp3) is 0.462. The molecule has 0 spiro atoms. The minimum Gasteiger partial charge on any atom is -0.314 e. The van der Waals surface area contributed by atoms with Gasteiger partial charge in [-0.3, -0.25) is 0 Å². The second-order valence-electron chi connectivity index (χ2n) is 8.73. The van der Waals surface area contributed by atoms with Crippen molar-refractivity contribution in [3.8, 4) is 0 Å². The third-order valence-corrected chi connectivity index (χ3v) is 6.93. The molecule has 3 aromatic rings. The number of piperazine rings is 2. The molecule has 0 aromatic heterocycles. The van der Waals surface area contributed by atoms with Gasteiger partial charge in [0.25, 0.3) is 0 Å². The fourth-order valence-corrected chi connectivity index (χ4v) is 5.26. The zero-order valence-corrected chi connectivity index (χ0v) is 18.0. The van der Waals surface area contributed by atoms with E-state index in [2.05, 4.69) is 69.0 Å². The fourth-order valence-electron chi connectivity index (χ4n) is 5.26. The Morgan fingerprint density at radius 2 is 0.867 bits per heavy atom. The molecule has 3 aromatic carbocycles. The van der Waals surface area contributed by atoms with Gasteiger partial charge in [0.15, 0.2) is 0 Å². The Hall–Kier alpha value is -1.98. The molecule has 0 saturated carbocycles. The summed E-state index contributed by atoms with van der Waals surface area (Å²) in [5.41, 5.74) is 3.07. The molecule has 0 amide bonds. The van der Waals surface area contributed by atoms with E-state index in [-0.39, 0.29) is 0 Å². The van der Waals surface area contributed by atoms with Crippen molar-refractivity contribution in [2.45, 2.75) is 12.8 Å². The van der Waals surface area contributed by atoms with Gasteiger partial charge in [-0.05, 0) is 45.5 Å². The molecule has 4 nitrogen and oxygen atoms in total. The summed E-state index contributed by atoms with van der Waals surface area (Å²) in [6.45, 7) is 11.4. The molecular formula is C26H34N4. The van der Waals surface area contributed by atoms with Crippen LogP contribution in [-0.4, -0.2) is 75.2 Å². The van der Waals surface area contributed by atoms with Gasteiger partial charge in [0.2, 0.25) is 0 Å². The van der Waals surface area contributed by atoms with Gasteiger partial charge in [-0.25, -0.2) is 0 Å². The Kier molecular flexibility index (Phi) is 6.28. The Morgan fingerprint density at radius 3 is 1.20 bits per heavy atom. The SMILES string of the molecule is c1ccc2c(CCN3CCNCC3)c3ccccc3c(CCN3CCNCC3)c2c1. The number of nitrogens with one attached hydrogen (secondary N) is 2. The average molecular weight is 403 g/mol. The highest BCUT2D eigenvalue weighted by molar-refractivity contribution is 6.05. The molecule has 158 valence electrons. The van der Waals surface area contributed by atoms with Gasteiger partial charge >= 0.3 is 0 Å². The summed E-state index contributed by atoms with van der Waals surface area (Å²) in [4.78, 5) is 5.22. The summed E-state index contributed by atoms with van der Waals surface area (Å²) < 4.78 is 0. The third-order valence-electron chi connectivity index (χ3n) is 6.93. The molecule has 2 N–H and O–H groups in total. The molecule has 0 radical (unpaired) electrons. The van der Waals surface area contributed by atoms with E-state index in [4.69, 9.17) is 0 Å². The topological polar surface area (TPSA) is 30.5 Å². The van der Waals surface area contributed by atoms with Crippen LogP contribution in [0.3, 0.4) is 0 Å². The maximum absolute atomic E-state index is 3.47. The van der Waals surface area contributed by atoms with Crippen molar-refractivity contribution >= 4 is 21.5 Å². The molecule has 2 saturated heterocycles. The lowest BCUT2D eigenvalue weighted by molar-refractivity contribution is 0.244. The van der Waals surface area contributed by atoms with E-state index in [1.807, 2.05) is 0 Å². The van der Waals surface area contributed by atoms with Crippen LogP contribution in [0, 0.1) is 0 Å². The van der Waals surface area contributed by atoms with Gasteiger partial charge in [0, 0.05) is 65.4 Å². The molecule has 0 aliphatic carbocycles. The van der Waals surface area contributed by atoms with Crippen molar-refractivity contribution in [3.63, 3.8) is 0 Å². The number of benzene rings is 3. The normalized spacial score (nSPS) is 18.9. The number of nitrogens with zero attached hydrogens (tertiary/aromatic N) is 2. The first-order valence-corrected chi connectivity index (χ1v) is 11.7. The largest absolute Gasteiger partial charge is 0.314 e. The zero-order chi connectivity index (χ0) is 20.2. The third kappa shape index (κ3) is 4.23. The molecule has 0 atom stereocenters. The van der Waals surface area contributed by atoms with Crippen LogP contribution in [0.4, 0.5) is 0 Å². The first kappa shape index (κ1) is 20.0. The minimum absolute atomic E-state index is 1.12. The van der Waals surface area contributed by atoms with Crippen molar-refractivity contribution in [2.24, 2.45) is 0 Å². The molecular weight excluding hydrogens is 368 g/mol. The molecule has 30 heavy (non-hydrogen) atoms. The van der Waals surface area contributed by atoms with E-state index in [1.54, 1.807) is 0 Å². The Morgan fingerprint density at radius 1 is 0.533 bits per heavy atom. The molecule has 5 rings (SSSR count). The van der Waals surface area contributed by atoms with Gasteiger partial charge in [-0.2, -0.15) is 0 Å². The second kappa shape index (κ2) is 9.44. The van der Waals surface area contributed by atoms with Gasteiger partial charge < -0.3 is 20.4 Å². The van der Waals surface area contributed by atoms with Crippen molar-refractivity contribution in [1.82, 2.24) is 20.4 Å².